The van der Waals surface area contributed by atoms with Crippen LogP contribution >= 0.6 is 0 Å². The molecule has 3 rings (SSSR count). The number of hydrogen-bond acceptors (Lipinski definition) is 18. The summed E-state index contributed by atoms with van der Waals surface area (Å²) in [5.41, 5.74) is 0. The van der Waals surface area contributed by atoms with Gasteiger partial charge in [-0.25, -0.2) is 0 Å². The smallest absolute Gasteiger partial charge is 0.220 e. The first-order valence-electron chi connectivity index (χ1n) is 40.6. The molecule has 0 aromatic heterocycles. The van der Waals surface area contributed by atoms with Crippen LogP contribution in [0.5, 0.6) is 0 Å². The molecule has 578 valence electrons. The van der Waals surface area contributed by atoms with Crippen LogP contribution in [0.4, 0.5) is 0 Å². The van der Waals surface area contributed by atoms with E-state index in [1.54, 1.807) is 0 Å². The Balaban J connectivity index is 1.25. The predicted octanol–water partition coefficient (Wildman–Crippen LogP) is 13.3. The van der Waals surface area contributed by atoms with Gasteiger partial charge in [-0.1, -0.05) is 314 Å². The van der Waals surface area contributed by atoms with Crippen LogP contribution in [-0.2, 0) is 33.2 Å². The molecule has 3 fully saturated rings. The van der Waals surface area contributed by atoms with Crippen molar-refractivity contribution in [1.82, 2.24) is 5.32 Å². The van der Waals surface area contributed by atoms with Crippen molar-refractivity contribution in [1.29, 1.82) is 0 Å². The van der Waals surface area contributed by atoms with Gasteiger partial charge in [0, 0.05) is 6.42 Å². The predicted molar refractivity (Wildman–Crippen MR) is 388 cm³/mol. The van der Waals surface area contributed by atoms with Crippen LogP contribution in [0.25, 0.3) is 0 Å². The molecule has 0 aromatic rings. The van der Waals surface area contributed by atoms with Crippen molar-refractivity contribution in [2.75, 3.05) is 26.4 Å². The summed E-state index contributed by atoms with van der Waals surface area (Å²) in [4.78, 5) is 13.4. The highest BCUT2D eigenvalue weighted by Crippen LogP contribution is 2.33. The highest BCUT2D eigenvalue weighted by atomic mass is 16.8. The Hall–Kier alpha value is -1.73. The van der Waals surface area contributed by atoms with Crippen LogP contribution in [0.1, 0.15) is 341 Å². The van der Waals surface area contributed by atoms with E-state index in [0.717, 1.165) is 51.4 Å². The SMILES string of the molecule is CCCCCCC/C=C\C/C=C\CCCCCCCCCCCCCCCCCCCCCCCCCCCCCCCC(=O)NC(COC1OC(CO)C(OC2OC(CO)C(OC3OC(CO)C(O)C(O)C3O)C(O)C2O)C(O)C1O)C(O)CCCCCCCCCCCCCC. The zero-order valence-corrected chi connectivity index (χ0v) is 61.8. The number of ether oxygens (including phenoxy) is 6. The normalized spacial score (nSPS) is 26.8. The van der Waals surface area contributed by atoms with Crippen molar-refractivity contribution in [2.24, 2.45) is 0 Å². The number of aliphatic hydroxyl groups excluding tert-OH is 11. The summed E-state index contributed by atoms with van der Waals surface area (Å²) in [6, 6.07) is -0.883. The van der Waals surface area contributed by atoms with Crippen LogP contribution in [-0.4, -0.2) is 193 Å². The quantitative estimate of drug-likeness (QED) is 0.0199. The van der Waals surface area contributed by atoms with E-state index < -0.39 is 124 Å². The number of carbonyl (C=O) groups is 1. The summed E-state index contributed by atoms with van der Waals surface area (Å²) in [6.07, 6.45) is 46.1. The molecule has 19 heteroatoms. The van der Waals surface area contributed by atoms with Crippen LogP contribution in [0.2, 0.25) is 0 Å². The fraction of sp³-hybridized carbons (Fsp3) is 0.937. The Labute approximate surface area is 594 Å². The van der Waals surface area contributed by atoms with Gasteiger partial charge in [0.05, 0.1) is 38.6 Å². The monoisotopic (exact) mass is 1400 g/mol. The minimum atomic E-state index is -1.97. The van der Waals surface area contributed by atoms with Gasteiger partial charge in [-0.3, -0.25) is 4.79 Å². The first kappa shape index (κ1) is 90.5. The number of allylic oxidation sites excluding steroid dienone is 4. The van der Waals surface area contributed by atoms with Gasteiger partial charge in [-0.05, 0) is 44.9 Å². The van der Waals surface area contributed by atoms with Crippen molar-refractivity contribution in [3.8, 4) is 0 Å². The molecule has 19 nitrogen and oxygen atoms in total. The Kier molecular flexibility index (Phi) is 55.9. The van der Waals surface area contributed by atoms with Gasteiger partial charge in [-0.2, -0.15) is 0 Å². The molecule has 3 aliphatic heterocycles. The summed E-state index contributed by atoms with van der Waals surface area (Å²) in [5.74, 6) is -0.237. The molecule has 1 amide bonds. The summed E-state index contributed by atoms with van der Waals surface area (Å²) in [5, 5.41) is 121. The third kappa shape index (κ3) is 40.5. The van der Waals surface area contributed by atoms with Gasteiger partial charge in [0.15, 0.2) is 18.9 Å². The summed E-state index contributed by atoms with van der Waals surface area (Å²) in [6.45, 7) is 1.81. The Morgan fingerprint density at radius 3 is 1.04 bits per heavy atom. The summed E-state index contributed by atoms with van der Waals surface area (Å²) < 4.78 is 34.4. The third-order valence-corrected chi connectivity index (χ3v) is 20.5. The molecule has 3 saturated heterocycles. The van der Waals surface area contributed by atoms with Gasteiger partial charge in [0.25, 0.3) is 0 Å². The van der Waals surface area contributed by atoms with E-state index in [1.165, 1.54) is 257 Å². The van der Waals surface area contributed by atoms with E-state index in [0.29, 0.717) is 12.8 Å². The standard InChI is InChI=1S/C79H149NO18/c1-3-5-7-9-11-13-15-17-18-19-20-21-22-23-24-25-26-27-28-29-30-31-32-33-34-35-36-37-38-39-40-41-42-43-44-45-47-49-51-53-55-57-67(85)80-62(63(84)56-54-52-50-48-46-16-14-12-10-8-6-4-2)61-93-77-73(91)70(88)75(65(59-82)95-77)98-79-74(92)71(89)76(66(60-83)96-79)97-78-72(90)69(87)68(86)64(58-81)94-78/h15,17,19-20,62-66,68-79,81-84,86-92H,3-14,16,18,21-61H2,1-2H3,(H,80,85)/b17-15-,20-19-. The molecular weight excluding hydrogens is 1250 g/mol. The highest BCUT2D eigenvalue weighted by molar-refractivity contribution is 5.76. The van der Waals surface area contributed by atoms with E-state index >= 15 is 0 Å². The van der Waals surface area contributed by atoms with Crippen LogP contribution < -0.4 is 5.32 Å². The lowest BCUT2D eigenvalue weighted by Crippen LogP contribution is -2.66. The second kappa shape index (κ2) is 60.5. The molecule has 3 aliphatic rings. The number of carbonyl (C=O) groups excluding carboxylic acids is 1. The number of unbranched alkanes of at least 4 members (excludes halogenated alkanes) is 45. The zero-order chi connectivity index (χ0) is 71.1. The first-order valence-corrected chi connectivity index (χ1v) is 40.6. The zero-order valence-electron chi connectivity index (χ0n) is 61.8. The van der Waals surface area contributed by atoms with E-state index in [2.05, 4.69) is 43.5 Å². The second-order valence-electron chi connectivity index (χ2n) is 29.2. The highest BCUT2D eigenvalue weighted by Gasteiger charge is 2.54. The fourth-order valence-corrected chi connectivity index (χ4v) is 14.0. The maximum atomic E-state index is 13.4. The van der Waals surface area contributed by atoms with Crippen LogP contribution in [0, 0.1) is 0 Å². The molecule has 0 aliphatic carbocycles. The van der Waals surface area contributed by atoms with Gasteiger partial charge in [0.1, 0.15) is 73.2 Å². The van der Waals surface area contributed by atoms with E-state index in [-0.39, 0.29) is 18.9 Å². The lowest BCUT2D eigenvalue weighted by molar-refractivity contribution is -0.379. The summed E-state index contributed by atoms with van der Waals surface area (Å²) >= 11 is 0. The van der Waals surface area contributed by atoms with Crippen LogP contribution in [0.15, 0.2) is 24.3 Å². The topological polar surface area (TPSA) is 307 Å². The number of rotatable bonds is 65. The average Bonchev–Trinajstić information content (AvgIpc) is 0.785. The van der Waals surface area contributed by atoms with Gasteiger partial charge in [0.2, 0.25) is 5.91 Å². The van der Waals surface area contributed by atoms with Crippen molar-refractivity contribution >= 4 is 5.91 Å². The molecule has 0 bridgehead atoms. The van der Waals surface area contributed by atoms with Crippen molar-refractivity contribution < 1.29 is 89.4 Å². The number of nitrogens with one attached hydrogen (secondary N) is 1. The van der Waals surface area contributed by atoms with Crippen molar-refractivity contribution in [2.45, 2.75) is 446 Å². The molecule has 98 heavy (non-hydrogen) atoms. The average molecular weight is 1400 g/mol. The molecule has 0 spiro atoms. The molecule has 0 aromatic carbocycles. The second-order valence-corrected chi connectivity index (χ2v) is 29.2. The third-order valence-electron chi connectivity index (χ3n) is 20.5. The minimum absolute atomic E-state index is 0.237. The van der Waals surface area contributed by atoms with Gasteiger partial charge >= 0.3 is 0 Å². The Morgan fingerprint density at radius 1 is 0.367 bits per heavy atom. The molecule has 17 atom stereocenters. The molecular formula is C79H149NO18. The first-order chi connectivity index (χ1) is 47.8. The molecule has 0 saturated carbocycles. The minimum Gasteiger partial charge on any atom is -0.394 e. The largest absolute Gasteiger partial charge is 0.394 e. The maximum absolute atomic E-state index is 13.4. The van der Waals surface area contributed by atoms with Crippen LogP contribution in [0.3, 0.4) is 0 Å². The molecule has 0 radical (unpaired) electrons. The number of hydrogen-bond donors (Lipinski definition) is 12. The molecule has 17 unspecified atom stereocenters. The Morgan fingerprint density at radius 2 is 0.673 bits per heavy atom. The molecule has 12 N–H and O–H groups in total. The van der Waals surface area contributed by atoms with E-state index in [9.17, 15) is 61.0 Å². The van der Waals surface area contributed by atoms with E-state index in [1.807, 2.05) is 0 Å². The number of aliphatic hydroxyl groups is 11. The maximum Gasteiger partial charge on any atom is 0.220 e. The van der Waals surface area contributed by atoms with Crippen molar-refractivity contribution in [3.63, 3.8) is 0 Å². The lowest BCUT2D eigenvalue weighted by Gasteiger charge is -2.48. The van der Waals surface area contributed by atoms with Gasteiger partial charge < -0.3 is 89.9 Å². The molecule has 3 heterocycles. The van der Waals surface area contributed by atoms with Gasteiger partial charge in [-0.15, -0.1) is 0 Å². The summed E-state index contributed by atoms with van der Waals surface area (Å²) in [7, 11) is 0. The lowest BCUT2D eigenvalue weighted by atomic mass is 9.96. The van der Waals surface area contributed by atoms with Crippen molar-refractivity contribution in [3.05, 3.63) is 24.3 Å². The Bertz CT molecular complexity index is 1870. The fourth-order valence-electron chi connectivity index (χ4n) is 14.0. The van der Waals surface area contributed by atoms with E-state index in [4.69, 9.17) is 28.4 Å². The number of amides is 1.